The molecule has 0 radical (unpaired) electrons. The minimum atomic E-state index is -5.10. The van der Waals surface area contributed by atoms with E-state index in [2.05, 4.69) is 20.7 Å². The highest BCUT2D eigenvalue weighted by molar-refractivity contribution is 9.10. The van der Waals surface area contributed by atoms with Gasteiger partial charge in [0.2, 0.25) is 0 Å². The molecule has 1 heterocycles. The van der Waals surface area contributed by atoms with Gasteiger partial charge >= 0.3 is 12.3 Å². The summed E-state index contributed by atoms with van der Waals surface area (Å²) >= 11 is 2.87. The molecule has 0 aliphatic carbocycles. The first-order valence-electron chi connectivity index (χ1n) is 8.26. The number of ether oxygens (including phenoxy) is 2. The van der Waals surface area contributed by atoms with Gasteiger partial charge in [-0.15, -0.1) is 0 Å². The van der Waals surface area contributed by atoms with Crippen LogP contribution in [0.4, 0.5) is 18.0 Å². The summed E-state index contributed by atoms with van der Waals surface area (Å²) in [5.41, 5.74) is -1.64. The molecule has 0 bridgehead atoms. The fourth-order valence-electron chi connectivity index (χ4n) is 1.70. The molecule has 114 valence electrons. The fourth-order valence-corrected chi connectivity index (χ4v) is 2.03. The summed E-state index contributed by atoms with van der Waals surface area (Å²) in [7, 11) is 0. The first-order chi connectivity index (χ1) is 12.0. The SMILES string of the molecule is [2H]C([2H])([2H])c1cc2c(c(C([2H])([2H])[2H])c1Br)C=C(OC(=O)O)C(C(F)(F)F)O2. The maximum atomic E-state index is 13.2. The Morgan fingerprint density at radius 1 is 1.52 bits per heavy atom. The molecule has 1 unspecified atom stereocenters. The van der Waals surface area contributed by atoms with Crippen LogP contribution >= 0.6 is 15.9 Å². The van der Waals surface area contributed by atoms with Gasteiger partial charge in [-0.05, 0) is 37.0 Å². The van der Waals surface area contributed by atoms with E-state index in [4.69, 9.17) is 18.1 Å². The normalized spacial score (nSPS) is 23.0. The maximum Gasteiger partial charge on any atom is 0.511 e. The number of alkyl halides is 3. The summed E-state index contributed by atoms with van der Waals surface area (Å²) in [6, 6.07) is 0.758. The summed E-state index contributed by atoms with van der Waals surface area (Å²) in [5, 5.41) is 8.65. The van der Waals surface area contributed by atoms with Crippen molar-refractivity contribution in [3.8, 4) is 5.75 Å². The highest BCUT2D eigenvalue weighted by Gasteiger charge is 2.48. The first kappa shape index (κ1) is 9.34. The molecule has 0 aromatic heterocycles. The summed E-state index contributed by atoms with van der Waals surface area (Å²) < 4.78 is 93.3. The van der Waals surface area contributed by atoms with Crippen LogP contribution in [-0.2, 0) is 4.74 Å². The number of carboxylic acid groups (broad SMARTS) is 1. The molecule has 1 N–H and O–H groups in total. The van der Waals surface area contributed by atoms with Gasteiger partial charge in [0.1, 0.15) is 5.75 Å². The van der Waals surface area contributed by atoms with Gasteiger partial charge in [0.25, 0.3) is 6.10 Å². The van der Waals surface area contributed by atoms with Crippen LogP contribution in [0.25, 0.3) is 6.08 Å². The van der Waals surface area contributed by atoms with Gasteiger partial charge in [-0.2, -0.15) is 13.2 Å². The highest BCUT2D eigenvalue weighted by atomic mass is 79.9. The fraction of sp³-hybridized carbons (Fsp3) is 0.308. The molecular weight excluding hydrogens is 357 g/mol. The molecule has 0 saturated heterocycles. The molecule has 4 nitrogen and oxygen atoms in total. The van der Waals surface area contributed by atoms with E-state index in [1.54, 1.807) is 0 Å². The third kappa shape index (κ3) is 2.99. The number of halogens is 4. The van der Waals surface area contributed by atoms with Crippen LogP contribution in [0, 0.1) is 13.7 Å². The number of carbonyl (C=O) groups is 1. The molecular formula is C13H10BrF3O4. The van der Waals surface area contributed by atoms with Crippen LogP contribution in [0.5, 0.6) is 5.75 Å². The average molecular weight is 373 g/mol. The number of hydrogen-bond acceptors (Lipinski definition) is 3. The lowest BCUT2D eigenvalue weighted by molar-refractivity contribution is -0.191. The van der Waals surface area contributed by atoms with E-state index in [9.17, 15) is 18.0 Å². The minimum absolute atomic E-state index is 0.374. The van der Waals surface area contributed by atoms with E-state index < -0.39 is 60.3 Å². The van der Waals surface area contributed by atoms with Crippen molar-refractivity contribution in [1.82, 2.24) is 0 Å². The molecule has 21 heavy (non-hydrogen) atoms. The Kier molecular flexibility index (Phi) is 2.34. The van der Waals surface area contributed by atoms with Crippen molar-refractivity contribution in [1.29, 1.82) is 0 Å². The molecule has 1 aliphatic rings. The Labute approximate surface area is 134 Å². The lowest BCUT2D eigenvalue weighted by Gasteiger charge is -2.28. The zero-order valence-corrected chi connectivity index (χ0v) is 11.5. The van der Waals surface area contributed by atoms with E-state index in [0.29, 0.717) is 6.08 Å². The van der Waals surface area contributed by atoms with Gasteiger partial charge in [-0.25, -0.2) is 4.79 Å². The highest BCUT2D eigenvalue weighted by Crippen LogP contribution is 2.41. The van der Waals surface area contributed by atoms with Crippen LogP contribution in [0.2, 0.25) is 0 Å². The van der Waals surface area contributed by atoms with Crippen LogP contribution in [0.1, 0.15) is 24.9 Å². The van der Waals surface area contributed by atoms with Crippen molar-refractivity contribution in [2.75, 3.05) is 0 Å². The van der Waals surface area contributed by atoms with Gasteiger partial charge in [-0.1, -0.05) is 15.9 Å². The minimum Gasteiger partial charge on any atom is -0.472 e. The summed E-state index contributed by atoms with van der Waals surface area (Å²) in [5.74, 6) is -1.86. The molecule has 2 rings (SSSR count). The lowest BCUT2D eigenvalue weighted by atomic mass is 10.0. The van der Waals surface area contributed by atoms with E-state index in [1.165, 1.54) is 0 Å². The van der Waals surface area contributed by atoms with Gasteiger partial charge in [-0.3, -0.25) is 0 Å². The number of rotatable bonds is 1. The van der Waals surface area contributed by atoms with Crippen molar-refractivity contribution in [2.45, 2.75) is 26.0 Å². The summed E-state index contributed by atoms with van der Waals surface area (Å²) in [6.45, 7) is -5.81. The van der Waals surface area contributed by atoms with E-state index >= 15 is 0 Å². The van der Waals surface area contributed by atoms with Crippen LogP contribution in [0.15, 0.2) is 16.3 Å². The first-order valence-corrected chi connectivity index (χ1v) is 6.06. The van der Waals surface area contributed by atoms with Crippen molar-refractivity contribution >= 4 is 28.2 Å². The third-order valence-corrected chi connectivity index (χ3v) is 3.38. The molecule has 0 fully saturated rings. The zero-order chi connectivity index (χ0) is 20.9. The monoisotopic (exact) mass is 372 g/mol. The van der Waals surface area contributed by atoms with Crippen LogP contribution in [-0.4, -0.2) is 23.5 Å². The van der Waals surface area contributed by atoms with Gasteiger partial charge < -0.3 is 14.6 Å². The quantitative estimate of drug-likeness (QED) is 0.741. The summed E-state index contributed by atoms with van der Waals surface area (Å²) in [4.78, 5) is 10.7. The van der Waals surface area contributed by atoms with Crippen LogP contribution < -0.4 is 4.74 Å². The van der Waals surface area contributed by atoms with Crippen molar-refractivity contribution in [3.05, 3.63) is 33.0 Å². The lowest BCUT2D eigenvalue weighted by Crippen LogP contribution is -2.39. The second kappa shape index (κ2) is 5.25. The van der Waals surface area contributed by atoms with E-state index in [1.807, 2.05) is 0 Å². The predicted molar refractivity (Wildman–Crippen MR) is 71.2 cm³/mol. The topological polar surface area (TPSA) is 55.8 Å². The molecule has 8 heteroatoms. The summed E-state index contributed by atoms with van der Waals surface area (Å²) in [6.07, 6.45) is -9.44. The van der Waals surface area contributed by atoms with Crippen molar-refractivity contribution in [3.63, 3.8) is 0 Å². The van der Waals surface area contributed by atoms with E-state index in [-0.39, 0.29) is 4.47 Å². The van der Waals surface area contributed by atoms with Gasteiger partial charge in [0.05, 0.1) is 0 Å². The van der Waals surface area contributed by atoms with Crippen molar-refractivity contribution < 1.29 is 40.8 Å². The second-order valence-electron chi connectivity index (χ2n) is 3.98. The molecule has 1 aromatic carbocycles. The third-order valence-electron chi connectivity index (χ3n) is 2.56. The molecule has 1 aliphatic heterocycles. The van der Waals surface area contributed by atoms with Crippen LogP contribution in [0.3, 0.4) is 0 Å². The number of hydrogen-bond donors (Lipinski definition) is 1. The maximum absolute atomic E-state index is 13.2. The van der Waals surface area contributed by atoms with Crippen molar-refractivity contribution in [2.24, 2.45) is 0 Å². The number of fused-ring (bicyclic) bond motifs is 1. The number of benzene rings is 1. The number of aryl methyl sites for hydroxylation is 1. The Bertz CT molecular complexity index is 816. The zero-order valence-electron chi connectivity index (χ0n) is 15.9. The molecule has 0 amide bonds. The average Bonchev–Trinajstić information content (AvgIpc) is 2.41. The second-order valence-corrected chi connectivity index (χ2v) is 4.77. The van der Waals surface area contributed by atoms with Gasteiger partial charge in [0.15, 0.2) is 5.76 Å². The van der Waals surface area contributed by atoms with Gasteiger partial charge in [0, 0.05) is 18.3 Å². The molecule has 0 spiro atoms. The molecule has 1 aromatic rings. The van der Waals surface area contributed by atoms with E-state index in [0.717, 1.165) is 6.07 Å². The smallest absolute Gasteiger partial charge is 0.472 e. The largest absolute Gasteiger partial charge is 0.511 e. The Morgan fingerprint density at radius 3 is 2.76 bits per heavy atom. The Balaban J connectivity index is 2.84. The Morgan fingerprint density at radius 2 is 2.24 bits per heavy atom. The predicted octanol–water partition coefficient (Wildman–Crippen LogP) is 4.42. The Hall–Kier alpha value is -1.70. The molecule has 1 atom stereocenters. The molecule has 0 saturated carbocycles. The standard InChI is InChI=1S/C13H10BrF3O4/c1-5-3-8-7(6(2)10(5)14)4-9(21-12(18)19)11(20-8)13(15,16)17/h3-4,11H,1-2H3,(H,18,19)/i1D3,2D3.